The number of hydrogen-bond acceptors (Lipinski definition) is 4. The van der Waals surface area contributed by atoms with Crippen LogP contribution in [0, 0.1) is 25.6 Å². The van der Waals surface area contributed by atoms with Crippen molar-refractivity contribution in [2.24, 2.45) is 10.9 Å². The molecule has 1 aliphatic rings. The third-order valence-corrected chi connectivity index (χ3v) is 7.88. The molecule has 3 N–H and O–H groups in total. The maximum Gasteiger partial charge on any atom is 0.229 e. The molecule has 3 aromatic carbocycles. The Hall–Kier alpha value is -3.92. The molecule has 216 valence electrons. The normalized spacial score (nSPS) is 14.5. The minimum Gasteiger partial charge on any atom is -0.380 e. The Labute approximate surface area is 255 Å². The van der Waals surface area contributed by atoms with Crippen LogP contribution in [0.25, 0.3) is 0 Å². The zero-order valence-electron chi connectivity index (χ0n) is 23.4. The Morgan fingerprint density at radius 3 is 2.05 bits per heavy atom. The summed E-state index contributed by atoms with van der Waals surface area (Å²) in [6.07, 6.45) is 1.39. The third-order valence-electron chi connectivity index (χ3n) is 7.40. The number of halogens is 2. The quantitative estimate of drug-likeness (QED) is 0.133. The number of rotatable bonds is 5. The first kappa shape index (κ1) is 29.6. The number of thiocarbonyl (C=S) groups is 1. The topological polar surface area (TPSA) is 85.7 Å². The number of benzene rings is 3. The van der Waals surface area contributed by atoms with Crippen molar-refractivity contribution in [1.29, 1.82) is 0 Å². The maximum atomic E-state index is 13.7. The fourth-order valence-corrected chi connectivity index (χ4v) is 5.80. The maximum absolute atomic E-state index is 13.7. The standard InChI is InChI=1S/C32H32ClFN6OS/c1-21-19-22(2)36-29(35-21)38-30(39-31(42)37-26-13-14-28(34)27(33)20-26)40-17-15-25(16-18-40)32(41,23-9-5-3-6-10-23)24-11-7-4-8-12-24/h3-14,19-20,25,41H,15-18H2,1-2H3,(H2,35,36,37,38,39,42). The molecule has 7 nitrogen and oxygen atoms in total. The van der Waals surface area contributed by atoms with Gasteiger partial charge in [0.05, 0.1) is 5.02 Å². The first-order chi connectivity index (χ1) is 20.2. The Balaban J connectivity index is 1.41. The molecule has 1 fully saturated rings. The van der Waals surface area contributed by atoms with Gasteiger partial charge in [0.1, 0.15) is 11.4 Å². The number of nitrogens with one attached hydrogen (secondary N) is 2. The van der Waals surface area contributed by atoms with Crippen LogP contribution in [-0.4, -0.2) is 44.1 Å². The number of anilines is 2. The molecule has 1 saturated heterocycles. The van der Waals surface area contributed by atoms with Crippen molar-refractivity contribution in [2.45, 2.75) is 32.3 Å². The second-order valence-corrected chi connectivity index (χ2v) is 11.1. The van der Waals surface area contributed by atoms with Gasteiger partial charge in [0.2, 0.25) is 17.0 Å². The van der Waals surface area contributed by atoms with Crippen LogP contribution in [0.1, 0.15) is 35.4 Å². The van der Waals surface area contributed by atoms with Crippen molar-refractivity contribution in [3.05, 3.63) is 118 Å². The summed E-state index contributed by atoms with van der Waals surface area (Å²) in [4.78, 5) is 15.8. The van der Waals surface area contributed by atoms with Crippen LogP contribution in [0.4, 0.5) is 16.0 Å². The van der Waals surface area contributed by atoms with Gasteiger partial charge in [-0.25, -0.2) is 14.4 Å². The van der Waals surface area contributed by atoms with Crippen molar-refractivity contribution in [3.63, 3.8) is 0 Å². The molecule has 4 aromatic rings. The highest BCUT2D eigenvalue weighted by Gasteiger charge is 2.42. The third kappa shape index (κ3) is 6.75. The van der Waals surface area contributed by atoms with Gasteiger partial charge in [-0.3, -0.25) is 5.32 Å². The van der Waals surface area contributed by atoms with Crippen LogP contribution in [0.15, 0.2) is 89.9 Å². The number of aromatic nitrogens is 2. The van der Waals surface area contributed by atoms with Gasteiger partial charge >= 0.3 is 0 Å². The van der Waals surface area contributed by atoms with Crippen LogP contribution < -0.4 is 10.6 Å². The summed E-state index contributed by atoms with van der Waals surface area (Å²) in [5.74, 6) is 0.335. The molecule has 0 unspecified atom stereocenters. The van der Waals surface area contributed by atoms with Gasteiger partial charge in [-0.2, -0.15) is 4.99 Å². The Kier molecular flexibility index (Phi) is 9.11. The molecule has 0 saturated carbocycles. The van der Waals surface area contributed by atoms with E-state index in [0.29, 0.717) is 43.5 Å². The van der Waals surface area contributed by atoms with Gasteiger partial charge in [-0.15, -0.1) is 0 Å². The molecule has 0 bridgehead atoms. The molecule has 2 heterocycles. The Morgan fingerprint density at radius 2 is 1.50 bits per heavy atom. The predicted molar refractivity (Wildman–Crippen MR) is 170 cm³/mol. The lowest BCUT2D eigenvalue weighted by Crippen LogP contribution is -2.48. The molecule has 1 aliphatic heterocycles. The summed E-state index contributed by atoms with van der Waals surface area (Å²) in [5.41, 5.74) is 2.75. The van der Waals surface area contributed by atoms with Gasteiger partial charge in [0, 0.05) is 30.2 Å². The molecule has 5 rings (SSSR count). The van der Waals surface area contributed by atoms with Gasteiger partial charge < -0.3 is 15.3 Å². The molecular weight excluding hydrogens is 571 g/mol. The molecule has 10 heteroatoms. The molecule has 0 atom stereocenters. The summed E-state index contributed by atoms with van der Waals surface area (Å²) in [6, 6.07) is 25.8. The van der Waals surface area contributed by atoms with Crippen molar-refractivity contribution >= 4 is 46.5 Å². The van der Waals surface area contributed by atoms with Crippen LogP contribution in [0.2, 0.25) is 5.02 Å². The van der Waals surface area contributed by atoms with Gasteiger partial charge in [0.15, 0.2) is 0 Å². The van der Waals surface area contributed by atoms with Crippen molar-refractivity contribution in [3.8, 4) is 0 Å². The number of likely N-dealkylation sites (tertiary alicyclic amines) is 1. The zero-order valence-corrected chi connectivity index (χ0v) is 25.0. The summed E-state index contributed by atoms with van der Waals surface area (Å²) < 4.78 is 13.7. The van der Waals surface area contributed by atoms with E-state index in [1.807, 2.05) is 80.6 Å². The molecule has 1 aromatic heterocycles. The minimum absolute atomic E-state index is 0.0137. The van der Waals surface area contributed by atoms with E-state index in [9.17, 15) is 9.50 Å². The van der Waals surface area contributed by atoms with E-state index in [0.717, 1.165) is 22.5 Å². The van der Waals surface area contributed by atoms with E-state index < -0.39 is 11.4 Å². The van der Waals surface area contributed by atoms with Crippen LogP contribution in [0.5, 0.6) is 0 Å². The zero-order chi connectivity index (χ0) is 29.7. The van der Waals surface area contributed by atoms with Crippen LogP contribution >= 0.6 is 23.8 Å². The van der Waals surface area contributed by atoms with Crippen molar-refractivity contribution in [2.75, 3.05) is 23.7 Å². The van der Waals surface area contributed by atoms with Gasteiger partial charge in [-0.05, 0) is 80.2 Å². The highest BCUT2D eigenvalue weighted by atomic mass is 35.5. The van der Waals surface area contributed by atoms with E-state index in [2.05, 4.69) is 30.5 Å². The van der Waals surface area contributed by atoms with Crippen molar-refractivity contribution < 1.29 is 9.50 Å². The average Bonchev–Trinajstić information content (AvgIpc) is 2.99. The van der Waals surface area contributed by atoms with E-state index in [1.54, 1.807) is 6.07 Å². The molecule has 42 heavy (non-hydrogen) atoms. The smallest absolute Gasteiger partial charge is 0.229 e. The minimum atomic E-state index is -1.14. The molecule has 0 radical (unpaired) electrons. The van der Waals surface area contributed by atoms with E-state index >= 15 is 0 Å². The summed E-state index contributed by atoms with van der Waals surface area (Å²) in [5, 5.41) is 18.7. The van der Waals surface area contributed by atoms with Crippen LogP contribution in [0.3, 0.4) is 0 Å². The average molecular weight is 603 g/mol. The van der Waals surface area contributed by atoms with Gasteiger partial charge in [-0.1, -0.05) is 72.3 Å². The largest absolute Gasteiger partial charge is 0.380 e. The molecule has 0 spiro atoms. The van der Waals surface area contributed by atoms with E-state index in [1.165, 1.54) is 12.1 Å². The lowest BCUT2D eigenvalue weighted by Gasteiger charge is -2.43. The molecule has 0 aliphatic carbocycles. The fourth-order valence-electron chi connectivity index (χ4n) is 5.41. The second kappa shape index (κ2) is 12.9. The summed E-state index contributed by atoms with van der Waals surface area (Å²) in [7, 11) is 0. The highest BCUT2D eigenvalue weighted by Crippen LogP contribution is 2.42. The first-order valence-corrected chi connectivity index (χ1v) is 14.5. The number of nitrogens with zero attached hydrogens (tertiary/aromatic N) is 4. The van der Waals surface area contributed by atoms with Gasteiger partial charge in [0.25, 0.3) is 0 Å². The van der Waals surface area contributed by atoms with Crippen LogP contribution in [-0.2, 0) is 5.60 Å². The van der Waals surface area contributed by atoms with E-state index in [4.69, 9.17) is 23.8 Å². The number of piperidine rings is 1. The van der Waals surface area contributed by atoms with Crippen molar-refractivity contribution in [1.82, 2.24) is 14.9 Å². The Bertz CT molecular complexity index is 1520. The molecular formula is C32H32ClFN6OS. The number of aliphatic hydroxyl groups is 1. The first-order valence-electron chi connectivity index (χ1n) is 13.7. The summed E-state index contributed by atoms with van der Waals surface area (Å²) in [6.45, 7) is 5.02. The lowest BCUT2D eigenvalue weighted by atomic mass is 9.72. The SMILES string of the molecule is Cc1cc(C)nc(N/C(=N/C(=S)Nc2ccc(F)c(Cl)c2)N2CCC(C(O)(c3ccccc3)c3ccccc3)CC2)n1. The number of aliphatic imine (C=N–C) groups is 1. The summed E-state index contributed by atoms with van der Waals surface area (Å²) >= 11 is 11.5. The monoisotopic (exact) mass is 602 g/mol. The second-order valence-electron chi connectivity index (χ2n) is 10.4. The number of aryl methyl sites for hydroxylation is 2. The highest BCUT2D eigenvalue weighted by molar-refractivity contribution is 7.80. The number of hydrogen-bond donors (Lipinski definition) is 3. The number of guanidine groups is 1. The molecule has 0 amide bonds. The Morgan fingerprint density at radius 1 is 0.929 bits per heavy atom. The predicted octanol–water partition coefficient (Wildman–Crippen LogP) is 6.70. The fraction of sp³-hybridized carbons (Fsp3) is 0.250. The van der Waals surface area contributed by atoms with E-state index in [-0.39, 0.29) is 16.1 Å². The lowest BCUT2D eigenvalue weighted by molar-refractivity contribution is -0.00653.